The van der Waals surface area contributed by atoms with Gasteiger partial charge in [0.1, 0.15) is 5.82 Å². The Hall–Kier alpha value is -2.55. The summed E-state index contributed by atoms with van der Waals surface area (Å²) in [6, 6.07) is 12.3. The van der Waals surface area contributed by atoms with Crippen LogP contribution in [-0.4, -0.2) is 31.3 Å². The summed E-state index contributed by atoms with van der Waals surface area (Å²) in [5, 5.41) is 0. The fourth-order valence-corrected chi connectivity index (χ4v) is 2.67. The van der Waals surface area contributed by atoms with Gasteiger partial charge in [-0.15, -0.1) is 0 Å². The average Bonchev–Trinajstić information content (AvgIpc) is 2.69. The highest BCUT2D eigenvalue weighted by molar-refractivity contribution is 6.87. The summed E-state index contributed by atoms with van der Waals surface area (Å²) in [5.74, 6) is -0.954. The molecule has 4 rings (SSSR count). The fraction of sp³-hybridized carbons (Fsp3) is 0.0588. The second kappa shape index (κ2) is 7.60. The van der Waals surface area contributed by atoms with E-state index in [1.807, 2.05) is 19.1 Å². The molecule has 1 fully saturated rings. The van der Waals surface area contributed by atoms with Crippen molar-refractivity contribution in [3.8, 4) is 0 Å². The Kier molecular flexibility index (Phi) is 5.02. The molecule has 10 heteroatoms. The minimum Gasteiger partial charge on any atom is -0.445 e. The maximum atomic E-state index is 13.3. The fourth-order valence-electron chi connectivity index (χ4n) is 2.67. The van der Waals surface area contributed by atoms with Crippen LogP contribution in [0.15, 0.2) is 60.9 Å². The summed E-state index contributed by atoms with van der Waals surface area (Å²) < 4.78 is 44.1. The van der Waals surface area contributed by atoms with Gasteiger partial charge in [0.05, 0.1) is 0 Å². The Bertz CT molecular complexity index is 786. The molecule has 1 aromatic carbocycles. The quantitative estimate of drug-likeness (QED) is 0.504. The summed E-state index contributed by atoms with van der Waals surface area (Å²) in [5.41, 5.74) is 2.73. The lowest BCUT2D eigenvalue weighted by atomic mass is 9.62. The highest BCUT2D eigenvalue weighted by atomic mass is 19.1. The van der Waals surface area contributed by atoms with Crippen LogP contribution in [0.3, 0.4) is 0 Å². The molecule has 2 aromatic heterocycles. The lowest BCUT2D eigenvalue weighted by Crippen LogP contribution is -2.61. The Labute approximate surface area is 156 Å². The summed E-state index contributed by atoms with van der Waals surface area (Å²) >= 11 is 0. The zero-order valence-corrected chi connectivity index (χ0v) is 14.4. The molecular formula is C17H13B3F2N2O3. The monoisotopic (exact) mass is 364 g/mol. The summed E-state index contributed by atoms with van der Waals surface area (Å²) in [4.78, 5) is 7.90. The van der Waals surface area contributed by atoms with E-state index in [-0.39, 0.29) is 5.82 Å². The molecule has 3 aromatic rings. The SMILES string of the molecule is Cc1ccc(B2OB(c3ccc(F)cc3)OB(c3ccc(F)nc3)O2)cn1. The van der Waals surface area contributed by atoms with Gasteiger partial charge < -0.3 is 13.7 Å². The van der Waals surface area contributed by atoms with Gasteiger partial charge in [-0.05, 0) is 47.6 Å². The van der Waals surface area contributed by atoms with Gasteiger partial charge in [-0.2, -0.15) is 4.39 Å². The number of nitrogens with zero attached hydrogens (tertiary/aromatic N) is 2. The number of aromatic nitrogens is 2. The van der Waals surface area contributed by atoms with Gasteiger partial charge in [0.25, 0.3) is 0 Å². The number of pyridine rings is 2. The first-order valence-corrected chi connectivity index (χ1v) is 8.34. The third kappa shape index (κ3) is 4.08. The van der Waals surface area contributed by atoms with Crippen LogP contribution in [0, 0.1) is 18.7 Å². The lowest BCUT2D eigenvalue weighted by molar-refractivity contribution is 0.308. The third-order valence-electron chi connectivity index (χ3n) is 4.11. The molecule has 0 aliphatic carbocycles. The number of halogens is 2. The highest BCUT2D eigenvalue weighted by Gasteiger charge is 2.43. The molecule has 5 nitrogen and oxygen atoms in total. The van der Waals surface area contributed by atoms with Crippen molar-refractivity contribution in [3.63, 3.8) is 0 Å². The second-order valence-corrected chi connectivity index (χ2v) is 6.10. The Balaban J connectivity index is 1.66. The van der Waals surface area contributed by atoms with E-state index in [9.17, 15) is 8.78 Å². The van der Waals surface area contributed by atoms with E-state index in [4.69, 9.17) is 13.7 Å². The Morgan fingerprint density at radius 3 is 1.70 bits per heavy atom. The van der Waals surface area contributed by atoms with E-state index < -0.39 is 27.3 Å². The number of aryl methyl sites for hydroxylation is 1. The predicted molar refractivity (Wildman–Crippen MR) is 99.0 cm³/mol. The smallest absolute Gasteiger partial charge is 0.445 e. The largest absolute Gasteiger partial charge is 0.468 e. The molecule has 1 aliphatic rings. The minimum atomic E-state index is -0.840. The van der Waals surface area contributed by atoms with Crippen molar-refractivity contribution in [2.75, 3.05) is 0 Å². The molecule has 0 N–H and O–H groups in total. The Morgan fingerprint density at radius 2 is 1.19 bits per heavy atom. The van der Waals surface area contributed by atoms with E-state index in [0.29, 0.717) is 16.4 Å². The summed E-state index contributed by atoms with van der Waals surface area (Å²) in [6.07, 6.45) is 3.00. The molecule has 0 radical (unpaired) electrons. The average molecular weight is 364 g/mol. The first-order valence-electron chi connectivity index (χ1n) is 8.34. The molecular weight excluding hydrogens is 351 g/mol. The molecule has 0 amide bonds. The first kappa shape index (κ1) is 17.8. The van der Waals surface area contributed by atoms with E-state index in [1.165, 1.54) is 30.5 Å². The summed E-state index contributed by atoms with van der Waals surface area (Å²) in [6.45, 7) is 1.88. The van der Waals surface area contributed by atoms with Crippen LogP contribution < -0.4 is 16.4 Å². The number of benzene rings is 1. The maximum absolute atomic E-state index is 13.3. The van der Waals surface area contributed by atoms with Crippen molar-refractivity contribution in [3.05, 3.63) is 78.4 Å². The van der Waals surface area contributed by atoms with Crippen molar-refractivity contribution >= 4 is 37.7 Å². The van der Waals surface area contributed by atoms with Crippen molar-refractivity contribution < 1.29 is 22.5 Å². The second-order valence-electron chi connectivity index (χ2n) is 6.10. The topological polar surface area (TPSA) is 53.5 Å². The standard InChI is InChI=1S/C17H13B3F2N2O3/c1-12-2-3-14(10-23-12)19-25-18(13-4-7-16(21)8-5-13)26-20(27-19)15-6-9-17(22)24-11-15/h2-11H,1H3. The molecule has 3 heterocycles. The van der Waals surface area contributed by atoms with Crippen LogP contribution in [0.25, 0.3) is 0 Å². The molecule has 1 aliphatic heterocycles. The van der Waals surface area contributed by atoms with Crippen molar-refractivity contribution in [1.29, 1.82) is 0 Å². The number of hydrogen-bond acceptors (Lipinski definition) is 5. The predicted octanol–water partition coefficient (Wildman–Crippen LogP) is 0.613. The lowest BCUT2D eigenvalue weighted by Gasteiger charge is -2.31. The molecule has 132 valence electrons. The molecule has 0 unspecified atom stereocenters. The van der Waals surface area contributed by atoms with Crippen LogP contribution in [0.4, 0.5) is 8.78 Å². The zero-order chi connectivity index (χ0) is 18.8. The van der Waals surface area contributed by atoms with Gasteiger partial charge in [0.2, 0.25) is 5.95 Å². The molecule has 0 atom stereocenters. The molecule has 1 saturated heterocycles. The van der Waals surface area contributed by atoms with Crippen molar-refractivity contribution in [2.24, 2.45) is 0 Å². The Morgan fingerprint density at radius 1 is 0.667 bits per heavy atom. The third-order valence-corrected chi connectivity index (χ3v) is 4.11. The number of hydrogen-bond donors (Lipinski definition) is 0. The van der Waals surface area contributed by atoms with E-state index in [2.05, 4.69) is 9.97 Å². The van der Waals surface area contributed by atoms with Crippen molar-refractivity contribution in [1.82, 2.24) is 9.97 Å². The highest BCUT2D eigenvalue weighted by Crippen LogP contribution is 2.10. The number of rotatable bonds is 3. The van der Waals surface area contributed by atoms with Crippen molar-refractivity contribution in [2.45, 2.75) is 6.92 Å². The molecule has 0 bridgehead atoms. The van der Waals surface area contributed by atoms with E-state index >= 15 is 0 Å². The van der Waals surface area contributed by atoms with Gasteiger partial charge in [-0.25, -0.2) is 9.37 Å². The molecule has 0 spiro atoms. The van der Waals surface area contributed by atoms with Gasteiger partial charge in [-0.3, -0.25) is 4.98 Å². The van der Waals surface area contributed by atoms with Crippen LogP contribution in [0.2, 0.25) is 0 Å². The normalized spacial score (nSPS) is 14.6. The van der Waals surface area contributed by atoms with Crippen LogP contribution >= 0.6 is 0 Å². The van der Waals surface area contributed by atoms with Gasteiger partial charge in [-0.1, -0.05) is 24.3 Å². The van der Waals surface area contributed by atoms with E-state index in [1.54, 1.807) is 18.3 Å². The maximum Gasteiger partial charge on any atom is 0.468 e. The van der Waals surface area contributed by atoms with Gasteiger partial charge in [0, 0.05) is 18.1 Å². The van der Waals surface area contributed by atoms with Crippen LogP contribution in [0.5, 0.6) is 0 Å². The van der Waals surface area contributed by atoms with Gasteiger partial charge >= 0.3 is 21.4 Å². The first-order chi connectivity index (χ1) is 13.1. The van der Waals surface area contributed by atoms with Crippen LogP contribution in [0.1, 0.15) is 5.69 Å². The van der Waals surface area contributed by atoms with E-state index in [0.717, 1.165) is 5.69 Å². The molecule has 0 saturated carbocycles. The van der Waals surface area contributed by atoms with Crippen LogP contribution in [-0.2, 0) is 13.7 Å². The molecule has 27 heavy (non-hydrogen) atoms. The van der Waals surface area contributed by atoms with Gasteiger partial charge in [0.15, 0.2) is 0 Å². The summed E-state index contributed by atoms with van der Waals surface area (Å²) in [7, 11) is -2.41. The minimum absolute atomic E-state index is 0.357. The zero-order valence-electron chi connectivity index (χ0n) is 14.4.